The predicted octanol–water partition coefficient (Wildman–Crippen LogP) is 2.77. The molecule has 3 rings (SSSR count). The maximum Gasteiger partial charge on any atom is 0.253 e. The number of rotatable bonds is 4. The van der Waals surface area contributed by atoms with E-state index in [0.717, 1.165) is 50.4 Å². The average molecular weight is 417 g/mol. The summed E-state index contributed by atoms with van der Waals surface area (Å²) in [6, 6.07) is 5.63. The standard InChI is InChI=1S/C19H28N4O2.2ClH/c1-3-20-13-14-6-10-23(11-7-14)19(25)15-4-5-17-16(12-15)21-18(24)8-9-22(17)2;;/h4-5,12,14,20H,3,6-11,13H2,1-2H3,(H,21,24);2*1H. The van der Waals surface area contributed by atoms with Crippen LogP contribution in [0.15, 0.2) is 18.2 Å². The van der Waals surface area contributed by atoms with Crippen molar-refractivity contribution in [3.63, 3.8) is 0 Å². The quantitative estimate of drug-likeness (QED) is 0.791. The van der Waals surface area contributed by atoms with Crippen LogP contribution in [0.25, 0.3) is 0 Å². The number of carbonyl (C=O) groups is 2. The highest BCUT2D eigenvalue weighted by atomic mass is 35.5. The summed E-state index contributed by atoms with van der Waals surface area (Å²) in [6.45, 7) is 6.44. The molecule has 2 amide bonds. The third kappa shape index (κ3) is 5.74. The van der Waals surface area contributed by atoms with Crippen molar-refractivity contribution in [1.82, 2.24) is 10.2 Å². The van der Waals surface area contributed by atoms with Gasteiger partial charge in [0.15, 0.2) is 0 Å². The Morgan fingerprint density at radius 1 is 1.22 bits per heavy atom. The highest BCUT2D eigenvalue weighted by molar-refractivity contribution is 6.00. The molecule has 2 N–H and O–H groups in total. The van der Waals surface area contributed by atoms with Gasteiger partial charge in [0.2, 0.25) is 5.91 Å². The monoisotopic (exact) mass is 416 g/mol. The third-order valence-electron chi connectivity index (χ3n) is 5.19. The maximum atomic E-state index is 12.8. The van der Waals surface area contributed by atoms with Crippen LogP contribution in [0.2, 0.25) is 0 Å². The van der Waals surface area contributed by atoms with Crippen LogP contribution in [-0.2, 0) is 4.79 Å². The van der Waals surface area contributed by atoms with Gasteiger partial charge >= 0.3 is 0 Å². The van der Waals surface area contributed by atoms with E-state index >= 15 is 0 Å². The predicted molar refractivity (Wildman–Crippen MR) is 115 cm³/mol. The second-order valence-electron chi connectivity index (χ2n) is 6.99. The molecular weight excluding hydrogens is 387 g/mol. The van der Waals surface area contributed by atoms with Crippen molar-refractivity contribution < 1.29 is 9.59 Å². The van der Waals surface area contributed by atoms with Crippen LogP contribution >= 0.6 is 24.8 Å². The summed E-state index contributed by atoms with van der Waals surface area (Å²) in [6.07, 6.45) is 2.56. The number of likely N-dealkylation sites (tertiary alicyclic amines) is 1. The molecule has 0 aliphatic carbocycles. The second-order valence-corrected chi connectivity index (χ2v) is 6.99. The van der Waals surface area contributed by atoms with Crippen LogP contribution in [0.3, 0.4) is 0 Å². The van der Waals surface area contributed by atoms with Gasteiger partial charge in [0.1, 0.15) is 0 Å². The molecule has 0 bridgehead atoms. The van der Waals surface area contributed by atoms with Crippen LogP contribution in [0.1, 0.15) is 36.5 Å². The van der Waals surface area contributed by atoms with Gasteiger partial charge < -0.3 is 20.4 Å². The Kier molecular flexibility index (Phi) is 9.36. The molecule has 0 atom stereocenters. The SMILES string of the molecule is CCNCC1CCN(C(=O)c2ccc3c(c2)NC(=O)CCN3C)CC1.Cl.Cl. The van der Waals surface area contributed by atoms with Crippen molar-refractivity contribution in [2.24, 2.45) is 5.92 Å². The van der Waals surface area contributed by atoms with Crippen molar-refractivity contribution >= 4 is 48.0 Å². The number of nitrogens with one attached hydrogen (secondary N) is 2. The normalized spacial score (nSPS) is 17.2. The Labute approximate surface area is 173 Å². The Balaban J connectivity index is 0.00000182. The highest BCUT2D eigenvalue weighted by Gasteiger charge is 2.25. The summed E-state index contributed by atoms with van der Waals surface area (Å²) in [5, 5.41) is 6.32. The number of nitrogens with zero attached hydrogens (tertiary/aromatic N) is 2. The fraction of sp³-hybridized carbons (Fsp3) is 0.579. The van der Waals surface area contributed by atoms with Crippen molar-refractivity contribution in [2.45, 2.75) is 26.2 Å². The molecule has 6 nitrogen and oxygen atoms in total. The smallest absolute Gasteiger partial charge is 0.253 e. The number of anilines is 2. The van der Waals surface area contributed by atoms with Gasteiger partial charge in [-0.1, -0.05) is 6.92 Å². The number of hydrogen-bond donors (Lipinski definition) is 2. The van der Waals surface area contributed by atoms with Gasteiger partial charge in [0.25, 0.3) is 5.91 Å². The van der Waals surface area contributed by atoms with E-state index < -0.39 is 0 Å². The minimum atomic E-state index is -0.000521. The third-order valence-corrected chi connectivity index (χ3v) is 5.19. The maximum absolute atomic E-state index is 12.8. The molecule has 1 aromatic rings. The van der Waals surface area contributed by atoms with Crippen LogP contribution in [0, 0.1) is 5.92 Å². The highest BCUT2D eigenvalue weighted by Crippen LogP contribution is 2.30. The Morgan fingerprint density at radius 3 is 2.59 bits per heavy atom. The summed E-state index contributed by atoms with van der Waals surface area (Å²) in [5.41, 5.74) is 2.35. The minimum absolute atomic E-state index is 0. The molecule has 27 heavy (non-hydrogen) atoms. The van der Waals surface area contributed by atoms with Gasteiger partial charge in [-0.25, -0.2) is 0 Å². The Morgan fingerprint density at radius 2 is 1.93 bits per heavy atom. The first-order chi connectivity index (χ1) is 12.1. The molecule has 1 saturated heterocycles. The lowest BCUT2D eigenvalue weighted by molar-refractivity contribution is -0.115. The van der Waals surface area contributed by atoms with Crippen LogP contribution in [0.5, 0.6) is 0 Å². The fourth-order valence-electron chi connectivity index (χ4n) is 3.58. The van der Waals surface area contributed by atoms with E-state index in [1.165, 1.54) is 0 Å². The largest absolute Gasteiger partial charge is 0.372 e. The molecule has 0 spiro atoms. The summed E-state index contributed by atoms with van der Waals surface area (Å²) in [7, 11) is 1.97. The second kappa shape index (κ2) is 10.7. The van der Waals surface area contributed by atoms with E-state index in [4.69, 9.17) is 0 Å². The number of benzene rings is 1. The Hall–Kier alpha value is -1.50. The molecule has 2 aliphatic heterocycles. The molecular formula is C19H30Cl2N4O2. The molecule has 1 fully saturated rings. The minimum Gasteiger partial charge on any atom is -0.372 e. The summed E-state index contributed by atoms with van der Waals surface area (Å²) >= 11 is 0. The molecule has 8 heteroatoms. The van der Waals surface area contributed by atoms with E-state index in [0.29, 0.717) is 24.4 Å². The zero-order chi connectivity index (χ0) is 17.8. The first kappa shape index (κ1) is 23.5. The molecule has 0 unspecified atom stereocenters. The average Bonchev–Trinajstić information content (AvgIpc) is 2.77. The summed E-state index contributed by atoms with van der Waals surface area (Å²) in [4.78, 5) is 28.7. The van der Waals surface area contributed by atoms with Gasteiger partial charge in [-0.15, -0.1) is 24.8 Å². The lowest BCUT2D eigenvalue weighted by atomic mass is 9.96. The summed E-state index contributed by atoms with van der Waals surface area (Å²) < 4.78 is 0. The lowest BCUT2D eigenvalue weighted by Crippen LogP contribution is -2.40. The number of amides is 2. The van der Waals surface area contributed by atoms with Crippen molar-refractivity contribution in [3.8, 4) is 0 Å². The van der Waals surface area contributed by atoms with Crippen LogP contribution in [-0.4, -0.2) is 56.5 Å². The van der Waals surface area contributed by atoms with Crippen molar-refractivity contribution in [1.29, 1.82) is 0 Å². The molecule has 0 saturated carbocycles. The van der Waals surface area contributed by atoms with Gasteiger partial charge in [-0.3, -0.25) is 9.59 Å². The van der Waals surface area contributed by atoms with E-state index in [1.54, 1.807) is 0 Å². The molecule has 152 valence electrons. The molecule has 2 heterocycles. The first-order valence-electron chi connectivity index (χ1n) is 9.23. The van der Waals surface area contributed by atoms with Gasteiger partial charge in [-0.05, 0) is 50.0 Å². The van der Waals surface area contributed by atoms with E-state index in [-0.39, 0.29) is 36.6 Å². The van der Waals surface area contributed by atoms with Crippen LogP contribution < -0.4 is 15.5 Å². The molecule has 2 aliphatic rings. The Bertz CT molecular complexity index is 649. The van der Waals surface area contributed by atoms with Crippen molar-refractivity contribution in [2.75, 3.05) is 50.0 Å². The summed E-state index contributed by atoms with van der Waals surface area (Å²) in [5.74, 6) is 0.717. The van der Waals surface area contributed by atoms with Gasteiger partial charge in [0, 0.05) is 38.7 Å². The van der Waals surface area contributed by atoms with Crippen molar-refractivity contribution in [3.05, 3.63) is 23.8 Å². The molecule has 0 aromatic heterocycles. The molecule has 0 radical (unpaired) electrons. The first-order valence-corrected chi connectivity index (χ1v) is 9.23. The topological polar surface area (TPSA) is 64.7 Å². The van der Waals surface area contributed by atoms with Gasteiger partial charge in [0.05, 0.1) is 11.4 Å². The zero-order valence-corrected chi connectivity index (χ0v) is 17.6. The van der Waals surface area contributed by atoms with Gasteiger partial charge in [-0.2, -0.15) is 0 Å². The molecule has 1 aromatic carbocycles. The number of piperidine rings is 1. The zero-order valence-electron chi connectivity index (χ0n) is 16.0. The number of halogens is 2. The van der Waals surface area contributed by atoms with E-state index in [1.807, 2.05) is 35.0 Å². The number of carbonyl (C=O) groups excluding carboxylic acids is 2. The number of hydrogen-bond acceptors (Lipinski definition) is 4. The van der Waals surface area contributed by atoms with E-state index in [2.05, 4.69) is 17.6 Å². The number of fused-ring (bicyclic) bond motifs is 1. The lowest BCUT2D eigenvalue weighted by Gasteiger charge is -2.32. The van der Waals surface area contributed by atoms with Crippen LogP contribution in [0.4, 0.5) is 11.4 Å². The fourth-order valence-corrected chi connectivity index (χ4v) is 3.58. The van der Waals surface area contributed by atoms with E-state index in [9.17, 15) is 9.59 Å².